The van der Waals surface area contributed by atoms with Crippen LogP contribution in [0.4, 0.5) is 5.69 Å². The van der Waals surface area contributed by atoms with Crippen molar-refractivity contribution < 1.29 is 19.4 Å². The van der Waals surface area contributed by atoms with Crippen LogP contribution in [-0.4, -0.2) is 24.1 Å². The third-order valence-electron chi connectivity index (χ3n) is 3.30. The van der Waals surface area contributed by atoms with Crippen molar-refractivity contribution >= 4 is 40.2 Å². The number of benzene rings is 2. The Morgan fingerprint density at radius 2 is 1.96 bits per heavy atom. The third kappa shape index (κ3) is 4.69. The Kier molecular flexibility index (Phi) is 5.97. The van der Waals surface area contributed by atoms with Crippen molar-refractivity contribution in [3.63, 3.8) is 0 Å². The Morgan fingerprint density at radius 1 is 1.22 bits per heavy atom. The lowest BCUT2D eigenvalue weighted by Crippen LogP contribution is -2.15. The van der Waals surface area contributed by atoms with Gasteiger partial charge in [-0.1, -0.05) is 18.2 Å². The van der Waals surface area contributed by atoms with Crippen LogP contribution in [0, 0.1) is 3.57 Å². The smallest absolute Gasteiger partial charge is 0.337 e. The number of aryl methyl sites for hydroxylation is 1. The second kappa shape index (κ2) is 7.96. The first-order valence-electron chi connectivity index (χ1n) is 6.96. The fraction of sp³-hybridized carbons (Fsp3) is 0.176. The van der Waals surface area contributed by atoms with Crippen molar-refractivity contribution in [1.82, 2.24) is 0 Å². The fourth-order valence-corrected chi connectivity index (χ4v) is 2.66. The normalized spacial score (nSPS) is 10.2. The number of methoxy groups -OCH3 is 1. The summed E-state index contributed by atoms with van der Waals surface area (Å²) in [4.78, 5) is 23.3. The van der Waals surface area contributed by atoms with Gasteiger partial charge in [-0.15, -0.1) is 0 Å². The van der Waals surface area contributed by atoms with Gasteiger partial charge in [0, 0.05) is 9.99 Å². The van der Waals surface area contributed by atoms with Gasteiger partial charge in [-0.25, -0.2) is 4.79 Å². The number of para-hydroxylation sites is 1. The topological polar surface area (TPSA) is 75.6 Å². The molecule has 120 valence electrons. The van der Waals surface area contributed by atoms with Crippen LogP contribution in [0.15, 0.2) is 42.5 Å². The predicted molar refractivity (Wildman–Crippen MR) is 96.1 cm³/mol. The number of carboxylic acids is 1. The number of rotatable bonds is 6. The average molecular weight is 425 g/mol. The zero-order valence-corrected chi connectivity index (χ0v) is 14.7. The zero-order valence-electron chi connectivity index (χ0n) is 12.5. The number of hydrogen-bond acceptors (Lipinski definition) is 3. The van der Waals surface area contributed by atoms with Gasteiger partial charge in [0.1, 0.15) is 5.75 Å². The Morgan fingerprint density at radius 3 is 2.65 bits per heavy atom. The largest absolute Gasteiger partial charge is 0.496 e. The molecule has 0 saturated heterocycles. The van der Waals surface area contributed by atoms with Crippen LogP contribution in [-0.2, 0) is 11.2 Å². The highest BCUT2D eigenvalue weighted by Gasteiger charge is 2.13. The summed E-state index contributed by atoms with van der Waals surface area (Å²) < 4.78 is 6.05. The minimum Gasteiger partial charge on any atom is -0.496 e. The van der Waals surface area contributed by atoms with Crippen molar-refractivity contribution in [2.75, 3.05) is 12.4 Å². The molecule has 0 unspecified atom stereocenters. The van der Waals surface area contributed by atoms with Crippen LogP contribution in [0.2, 0.25) is 0 Å². The summed E-state index contributed by atoms with van der Waals surface area (Å²) in [6.07, 6.45) is 0.758. The molecule has 0 fully saturated rings. The van der Waals surface area contributed by atoms with E-state index in [4.69, 9.17) is 4.74 Å². The van der Waals surface area contributed by atoms with Gasteiger partial charge in [0.15, 0.2) is 0 Å². The lowest BCUT2D eigenvalue weighted by Gasteiger charge is -2.10. The van der Waals surface area contributed by atoms with Gasteiger partial charge in [0.2, 0.25) is 5.91 Å². The molecule has 0 heterocycles. The second-order valence-corrected chi connectivity index (χ2v) is 6.10. The third-order valence-corrected chi connectivity index (χ3v) is 3.97. The van der Waals surface area contributed by atoms with Gasteiger partial charge in [-0.2, -0.15) is 0 Å². The molecule has 6 heteroatoms. The van der Waals surface area contributed by atoms with Crippen molar-refractivity contribution in [3.05, 3.63) is 57.2 Å². The molecule has 23 heavy (non-hydrogen) atoms. The van der Waals surface area contributed by atoms with E-state index in [-0.39, 0.29) is 17.9 Å². The summed E-state index contributed by atoms with van der Waals surface area (Å²) in [7, 11) is 1.59. The minimum absolute atomic E-state index is 0.0857. The maximum absolute atomic E-state index is 12.1. The summed E-state index contributed by atoms with van der Waals surface area (Å²) in [5.41, 5.74) is 1.33. The van der Waals surface area contributed by atoms with Gasteiger partial charge in [0.25, 0.3) is 0 Å². The summed E-state index contributed by atoms with van der Waals surface area (Å²) in [6, 6.07) is 12.4. The van der Waals surface area contributed by atoms with Gasteiger partial charge < -0.3 is 15.2 Å². The molecular formula is C17H16INO4. The van der Waals surface area contributed by atoms with E-state index in [1.807, 2.05) is 46.9 Å². The molecule has 0 radical (unpaired) electrons. The highest BCUT2D eigenvalue weighted by molar-refractivity contribution is 14.1. The van der Waals surface area contributed by atoms with Crippen LogP contribution in [0.1, 0.15) is 22.3 Å². The van der Waals surface area contributed by atoms with Crippen molar-refractivity contribution in [2.24, 2.45) is 0 Å². The fourth-order valence-electron chi connectivity index (χ4n) is 2.17. The number of anilines is 1. The van der Waals surface area contributed by atoms with Gasteiger partial charge >= 0.3 is 5.97 Å². The van der Waals surface area contributed by atoms with Crippen LogP contribution in [0.3, 0.4) is 0 Å². The van der Waals surface area contributed by atoms with Crippen molar-refractivity contribution in [3.8, 4) is 5.75 Å². The van der Waals surface area contributed by atoms with Crippen molar-refractivity contribution in [2.45, 2.75) is 12.8 Å². The maximum atomic E-state index is 12.1. The maximum Gasteiger partial charge on any atom is 0.337 e. The lowest BCUT2D eigenvalue weighted by atomic mass is 10.1. The molecule has 0 aromatic heterocycles. The molecule has 2 N–H and O–H groups in total. The van der Waals surface area contributed by atoms with Crippen LogP contribution < -0.4 is 10.1 Å². The first-order chi connectivity index (χ1) is 11.0. The van der Waals surface area contributed by atoms with Crippen LogP contribution in [0.5, 0.6) is 5.75 Å². The second-order valence-electron chi connectivity index (χ2n) is 4.86. The summed E-state index contributed by atoms with van der Waals surface area (Å²) in [5, 5.41) is 11.9. The molecular weight excluding hydrogens is 409 g/mol. The molecule has 0 bridgehead atoms. The summed E-state index contributed by atoms with van der Waals surface area (Å²) >= 11 is 2.03. The molecule has 0 atom stereocenters. The molecule has 1 amide bonds. The Balaban J connectivity index is 2.04. The van der Waals surface area contributed by atoms with Gasteiger partial charge in [-0.3, -0.25) is 4.79 Å². The van der Waals surface area contributed by atoms with E-state index in [0.717, 1.165) is 14.9 Å². The number of amides is 1. The standard InChI is InChI=1S/C17H16INO4/c1-23-15-5-3-2-4-11(15)6-9-16(20)19-14-8-7-12(18)10-13(14)17(21)22/h2-5,7-8,10H,6,9H2,1H3,(H,19,20)(H,21,22). The number of carboxylic acid groups (broad SMARTS) is 1. The number of carbonyl (C=O) groups excluding carboxylic acids is 1. The molecule has 5 nitrogen and oxygen atoms in total. The van der Waals surface area contributed by atoms with E-state index in [1.54, 1.807) is 19.2 Å². The van der Waals surface area contributed by atoms with E-state index in [1.165, 1.54) is 6.07 Å². The van der Waals surface area contributed by atoms with Gasteiger partial charge in [-0.05, 0) is 58.8 Å². The highest BCUT2D eigenvalue weighted by atomic mass is 127. The van der Waals surface area contributed by atoms with E-state index < -0.39 is 5.97 Å². The van der Waals surface area contributed by atoms with Gasteiger partial charge in [0.05, 0.1) is 18.4 Å². The monoisotopic (exact) mass is 425 g/mol. The number of halogens is 1. The summed E-state index contributed by atoms with van der Waals surface area (Å²) in [6.45, 7) is 0. The van der Waals surface area contributed by atoms with Crippen LogP contribution in [0.25, 0.3) is 0 Å². The molecule has 0 aliphatic heterocycles. The number of carbonyl (C=O) groups is 2. The number of hydrogen-bond donors (Lipinski definition) is 2. The zero-order chi connectivity index (χ0) is 16.8. The minimum atomic E-state index is -1.07. The van der Waals surface area contributed by atoms with Crippen molar-refractivity contribution in [1.29, 1.82) is 0 Å². The summed E-state index contributed by atoms with van der Waals surface area (Å²) in [5.74, 6) is -0.566. The molecule has 2 aromatic carbocycles. The first kappa shape index (κ1) is 17.3. The molecule has 0 saturated carbocycles. The van der Waals surface area contributed by atoms with Crippen LogP contribution >= 0.6 is 22.6 Å². The lowest BCUT2D eigenvalue weighted by molar-refractivity contribution is -0.116. The number of nitrogens with one attached hydrogen (secondary N) is 1. The first-order valence-corrected chi connectivity index (χ1v) is 8.03. The molecule has 0 aliphatic rings. The van der Waals surface area contributed by atoms with E-state index in [2.05, 4.69) is 5.32 Å². The molecule has 2 rings (SSSR count). The highest BCUT2D eigenvalue weighted by Crippen LogP contribution is 2.21. The van der Waals surface area contributed by atoms with E-state index in [0.29, 0.717) is 12.1 Å². The quantitative estimate of drug-likeness (QED) is 0.695. The predicted octanol–water partition coefficient (Wildman–Crippen LogP) is 3.57. The molecule has 2 aromatic rings. The van der Waals surface area contributed by atoms with E-state index in [9.17, 15) is 14.7 Å². The SMILES string of the molecule is COc1ccccc1CCC(=O)Nc1ccc(I)cc1C(=O)O. The molecule has 0 aliphatic carbocycles. The Hall–Kier alpha value is -2.09. The number of aromatic carboxylic acids is 1. The number of ether oxygens (including phenoxy) is 1. The van der Waals surface area contributed by atoms with E-state index >= 15 is 0 Å². The Bertz CT molecular complexity index is 730. The average Bonchev–Trinajstić information content (AvgIpc) is 2.54. The Labute approximate surface area is 147 Å². The molecule has 0 spiro atoms.